The number of hydrogen-bond acceptors (Lipinski definition) is 3. The van der Waals surface area contributed by atoms with E-state index in [4.69, 9.17) is 5.11 Å². The first kappa shape index (κ1) is 17.0. The Kier molecular flexibility index (Phi) is 5.72. The van der Waals surface area contributed by atoms with Crippen molar-refractivity contribution in [1.82, 2.24) is 10.2 Å². The molecule has 0 heterocycles. The summed E-state index contributed by atoms with van der Waals surface area (Å²) in [6, 6.07) is 7.40. The molecular formula is C15H22N2O4. The van der Waals surface area contributed by atoms with Crippen LogP contribution in [-0.4, -0.2) is 46.3 Å². The molecule has 1 aromatic carbocycles. The number of carboxylic acids is 1. The molecule has 3 N–H and O–H groups in total. The lowest BCUT2D eigenvalue weighted by molar-refractivity contribution is -0.141. The maximum absolute atomic E-state index is 11.9. The Labute approximate surface area is 124 Å². The van der Waals surface area contributed by atoms with E-state index in [1.54, 1.807) is 7.05 Å². The highest BCUT2D eigenvalue weighted by Crippen LogP contribution is 2.10. The number of nitrogens with zero attached hydrogens (tertiary/aromatic N) is 1. The van der Waals surface area contributed by atoms with Crippen LogP contribution in [0.1, 0.15) is 24.5 Å². The zero-order chi connectivity index (χ0) is 16.0. The topological polar surface area (TPSA) is 89.9 Å². The van der Waals surface area contributed by atoms with Gasteiger partial charge < -0.3 is 20.4 Å². The molecule has 0 fully saturated rings. The Balaban J connectivity index is 2.52. The van der Waals surface area contributed by atoms with E-state index in [2.05, 4.69) is 5.32 Å². The minimum Gasteiger partial charge on any atom is -0.481 e. The Morgan fingerprint density at radius 1 is 1.33 bits per heavy atom. The van der Waals surface area contributed by atoms with Crippen molar-refractivity contribution >= 4 is 12.0 Å². The molecule has 0 aliphatic rings. The highest BCUT2D eigenvalue weighted by molar-refractivity contribution is 5.74. The van der Waals surface area contributed by atoms with Gasteiger partial charge in [-0.25, -0.2) is 4.79 Å². The molecule has 0 spiro atoms. The van der Waals surface area contributed by atoms with Gasteiger partial charge in [-0.05, 0) is 25.0 Å². The number of rotatable bonds is 6. The van der Waals surface area contributed by atoms with E-state index in [0.717, 1.165) is 11.1 Å². The number of nitrogens with one attached hydrogen (secondary N) is 1. The van der Waals surface area contributed by atoms with E-state index in [1.165, 1.54) is 11.8 Å². The third-order valence-corrected chi connectivity index (χ3v) is 3.17. The SMILES string of the molecule is Cc1ccccc1CN(C)C(=O)NCC(C)(O)CC(=O)O. The number of carboxylic acid groups (broad SMARTS) is 1. The number of hydrogen-bond donors (Lipinski definition) is 3. The molecule has 1 unspecified atom stereocenters. The van der Waals surface area contributed by atoms with Crippen molar-refractivity contribution in [2.24, 2.45) is 0 Å². The molecule has 0 aliphatic carbocycles. The first-order valence-electron chi connectivity index (χ1n) is 6.69. The molecule has 1 aromatic rings. The second kappa shape index (κ2) is 7.08. The van der Waals surface area contributed by atoms with Crippen LogP contribution < -0.4 is 5.32 Å². The number of carbonyl (C=O) groups is 2. The largest absolute Gasteiger partial charge is 0.481 e. The van der Waals surface area contributed by atoms with E-state index < -0.39 is 18.0 Å². The van der Waals surface area contributed by atoms with Crippen molar-refractivity contribution in [3.05, 3.63) is 35.4 Å². The summed E-state index contributed by atoms with van der Waals surface area (Å²) in [5, 5.41) is 21.0. The number of aliphatic carboxylic acids is 1. The van der Waals surface area contributed by atoms with Crippen molar-refractivity contribution in [3.8, 4) is 0 Å². The molecule has 0 saturated heterocycles. The van der Waals surface area contributed by atoms with E-state index in [0.29, 0.717) is 6.54 Å². The lowest BCUT2D eigenvalue weighted by atomic mass is 10.0. The average Bonchev–Trinajstić information content (AvgIpc) is 2.37. The third-order valence-electron chi connectivity index (χ3n) is 3.17. The van der Waals surface area contributed by atoms with Gasteiger partial charge in [-0.15, -0.1) is 0 Å². The first-order chi connectivity index (χ1) is 9.71. The number of urea groups is 1. The van der Waals surface area contributed by atoms with Gasteiger partial charge in [0.05, 0.1) is 12.0 Å². The van der Waals surface area contributed by atoms with Crippen molar-refractivity contribution in [2.45, 2.75) is 32.4 Å². The number of aliphatic hydroxyl groups is 1. The summed E-state index contributed by atoms with van der Waals surface area (Å²) in [6.45, 7) is 3.68. The summed E-state index contributed by atoms with van der Waals surface area (Å²) < 4.78 is 0. The van der Waals surface area contributed by atoms with Gasteiger partial charge in [0.2, 0.25) is 0 Å². The molecule has 1 atom stereocenters. The van der Waals surface area contributed by atoms with Crippen molar-refractivity contribution in [1.29, 1.82) is 0 Å². The summed E-state index contributed by atoms with van der Waals surface area (Å²) in [7, 11) is 1.65. The van der Waals surface area contributed by atoms with Gasteiger partial charge in [-0.1, -0.05) is 24.3 Å². The minimum atomic E-state index is -1.47. The monoisotopic (exact) mass is 294 g/mol. The van der Waals surface area contributed by atoms with Gasteiger partial charge in [-0.3, -0.25) is 4.79 Å². The quantitative estimate of drug-likeness (QED) is 0.739. The number of carbonyl (C=O) groups excluding carboxylic acids is 1. The molecule has 0 aromatic heterocycles. The maximum atomic E-state index is 11.9. The fourth-order valence-electron chi connectivity index (χ4n) is 1.90. The smallest absolute Gasteiger partial charge is 0.317 e. The first-order valence-corrected chi connectivity index (χ1v) is 6.69. The fraction of sp³-hybridized carbons (Fsp3) is 0.467. The molecule has 6 nitrogen and oxygen atoms in total. The highest BCUT2D eigenvalue weighted by Gasteiger charge is 2.25. The van der Waals surface area contributed by atoms with Crippen LogP contribution in [0.25, 0.3) is 0 Å². The number of benzene rings is 1. The Morgan fingerprint density at radius 3 is 2.52 bits per heavy atom. The van der Waals surface area contributed by atoms with Crippen LogP contribution in [0, 0.1) is 6.92 Å². The predicted molar refractivity (Wildman–Crippen MR) is 78.9 cm³/mol. The lowest BCUT2D eigenvalue weighted by Crippen LogP contribution is -2.46. The molecule has 0 aliphatic heterocycles. The summed E-state index contributed by atoms with van der Waals surface area (Å²) >= 11 is 0. The van der Waals surface area contributed by atoms with Crippen LogP contribution in [0.15, 0.2) is 24.3 Å². The van der Waals surface area contributed by atoms with Crippen LogP contribution in [0.2, 0.25) is 0 Å². The second-order valence-electron chi connectivity index (χ2n) is 5.51. The molecule has 0 radical (unpaired) electrons. The van der Waals surface area contributed by atoms with Crippen LogP contribution in [-0.2, 0) is 11.3 Å². The Bertz CT molecular complexity index is 514. The average molecular weight is 294 g/mol. The highest BCUT2D eigenvalue weighted by atomic mass is 16.4. The van der Waals surface area contributed by atoms with Crippen LogP contribution in [0.5, 0.6) is 0 Å². The molecule has 116 valence electrons. The molecule has 0 saturated carbocycles. The summed E-state index contributed by atoms with van der Waals surface area (Å²) in [4.78, 5) is 24.0. The van der Waals surface area contributed by atoms with E-state index in [9.17, 15) is 14.7 Å². The van der Waals surface area contributed by atoms with Gasteiger partial charge in [0.25, 0.3) is 0 Å². The number of aryl methyl sites for hydroxylation is 1. The summed E-state index contributed by atoms with van der Waals surface area (Å²) in [5.41, 5.74) is 0.660. The standard InChI is InChI=1S/C15H22N2O4/c1-11-6-4-5-7-12(11)9-17(3)14(20)16-10-15(2,21)8-13(18)19/h4-7,21H,8-10H2,1-3H3,(H,16,20)(H,18,19). The molecule has 6 heteroatoms. The molecular weight excluding hydrogens is 272 g/mol. The van der Waals surface area contributed by atoms with Crippen molar-refractivity contribution in [3.63, 3.8) is 0 Å². The molecule has 2 amide bonds. The normalized spacial score (nSPS) is 13.3. The molecule has 1 rings (SSSR count). The Hall–Kier alpha value is -2.08. The van der Waals surface area contributed by atoms with Gasteiger partial charge in [-0.2, -0.15) is 0 Å². The molecule has 21 heavy (non-hydrogen) atoms. The predicted octanol–water partition coefficient (Wildman–Crippen LogP) is 1.36. The van der Waals surface area contributed by atoms with Gasteiger partial charge in [0.1, 0.15) is 0 Å². The maximum Gasteiger partial charge on any atom is 0.317 e. The van der Waals surface area contributed by atoms with Gasteiger partial charge in [0, 0.05) is 20.1 Å². The lowest BCUT2D eigenvalue weighted by Gasteiger charge is -2.24. The zero-order valence-corrected chi connectivity index (χ0v) is 12.6. The Morgan fingerprint density at radius 2 is 1.95 bits per heavy atom. The van der Waals surface area contributed by atoms with E-state index >= 15 is 0 Å². The third kappa shape index (κ3) is 5.83. The van der Waals surface area contributed by atoms with Crippen LogP contribution in [0.3, 0.4) is 0 Å². The van der Waals surface area contributed by atoms with Gasteiger partial charge >= 0.3 is 12.0 Å². The number of amides is 2. The van der Waals surface area contributed by atoms with E-state index in [1.807, 2.05) is 31.2 Å². The summed E-state index contributed by atoms with van der Waals surface area (Å²) in [6.07, 6.45) is -0.422. The minimum absolute atomic E-state index is 0.115. The second-order valence-corrected chi connectivity index (χ2v) is 5.51. The van der Waals surface area contributed by atoms with Gasteiger partial charge in [0.15, 0.2) is 0 Å². The fourth-order valence-corrected chi connectivity index (χ4v) is 1.90. The van der Waals surface area contributed by atoms with Crippen LogP contribution in [0.4, 0.5) is 4.79 Å². The van der Waals surface area contributed by atoms with Crippen molar-refractivity contribution in [2.75, 3.05) is 13.6 Å². The summed E-state index contributed by atoms with van der Waals surface area (Å²) in [5.74, 6) is -1.11. The van der Waals surface area contributed by atoms with Crippen molar-refractivity contribution < 1.29 is 19.8 Å². The molecule has 0 bridgehead atoms. The van der Waals surface area contributed by atoms with E-state index in [-0.39, 0.29) is 12.6 Å². The zero-order valence-electron chi connectivity index (χ0n) is 12.6. The van der Waals surface area contributed by atoms with Crippen LogP contribution >= 0.6 is 0 Å².